The van der Waals surface area contributed by atoms with E-state index in [2.05, 4.69) is 15.5 Å². The number of nitrogens with one attached hydrogen (secondary N) is 2. The van der Waals surface area contributed by atoms with E-state index in [0.29, 0.717) is 13.0 Å². The van der Waals surface area contributed by atoms with Crippen LogP contribution in [0.15, 0.2) is 0 Å². The standard InChI is InChI=1S/C11H20N4O/c1-8-11(9(2)15-14-8)13-10(16)6-4-3-5-7-12/h3-7,12H2,1-2H3,(H,13,16)(H,14,15). The first-order valence-corrected chi connectivity index (χ1v) is 5.66. The van der Waals surface area contributed by atoms with Crippen molar-refractivity contribution in [2.24, 2.45) is 5.73 Å². The smallest absolute Gasteiger partial charge is 0.224 e. The fraction of sp³-hybridized carbons (Fsp3) is 0.636. The first kappa shape index (κ1) is 12.7. The van der Waals surface area contributed by atoms with Gasteiger partial charge in [-0.25, -0.2) is 0 Å². The van der Waals surface area contributed by atoms with Crippen LogP contribution < -0.4 is 11.1 Å². The molecular weight excluding hydrogens is 204 g/mol. The van der Waals surface area contributed by atoms with Crippen molar-refractivity contribution in [2.75, 3.05) is 11.9 Å². The lowest BCUT2D eigenvalue weighted by atomic mass is 10.2. The molecule has 1 aromatic heterocycles. The van der Waals surface area contributed by atoms with Gasteiger partial charge in [0.1, 0.15) is 0 Å². The molecule has 1 amide bonds. The first-order valence-electron chi connectivity index (χ1n) is 5.66. The van der Waals surface area contributed by atoms with Crippen LogP contribution in [0.5, 0.6) is 0 Å². The van der Waals surface area contributed by atoms with Crippen LogP contribution in [-0.2, 0) is 4.79 Å². The highest BCUT2D eigenvalue weighted by Crippen LogP contribution is 2.16. The highest BCUT2D eigenvalue weighted by molar-refractivity contribution is 5.91. The van der Waals surface area contributed by atoms with Crippen LogP contribution in [0.1, 0.15) is 37.1 Å². The second-order valence-electron chi connectivity index (χ2n) is 3.96. The summed E-state index contributed by atoms with van der Waals surface area (Å²) >= 11 is 0. The number of anilines is 1. The van der Waals surface area contributed by atoms with Crippen LogP contribution in [0, 0.1) is 13.8 Å². The summed E-state index contributed by atoms with van der Waals surface area (Å²) in [5.41, 5.74) is 7.91. The zero-order chi connectivity index (χ0) is 12.0. The van der Waals surface area contributed by atoms with E-state index in [1.165, 1.54) is 0 Å². The molecule has 0 saturated heterocycles. The molecular formula is C11H20N4O. The van der Waals surface area contributed by atoms with Crippen molar-refractivity contribution >= 4 is 11.6 Å². The summed E-state index contributed by atoms with van der Waals surface area (Å²) in [5, 5.41) is 9.73. The molecule has 0 unspecified atom stereocenters. The second kappa shape index (κ2) is 6.27. The summed E-state index contributed by atoms with van der Waals surface area (Å²) in [7, 11) is 0. The number of hydrogen-bond donors (Lipinski definition) is 3. The summed E-state index contributed by atoms with van der Waals surface area (Å²) in [6, 6.07) is 0. The van der Waals surface area contributed by atoms with Gasteiger partial charge in [0.25, 0.3) is 0 Å². The van der Waals surface area contributed by atoms with Gasteiger partial charge < -0.3 is 11.1 Å². The Morgan fingerprint density at radius 1 is 1.38 bits per heavy atom. The van der Waals surface area contributed by atoms with E-state index in [9.17, 15) is 4.79 Å². The van der Waals surface area contributed by atoms with Crippen molar-refractivity contribution in [3.8, 4) is 0 Å². The van der Waals surface area contributed by atoms with Crippen molar-refractivity contribution in [3.05, 3.63) is 11.4 Å². The highest BCUT2D eigenvalue weighted by atomic mass is 16.1. The van der Waals surface area contributed by atoms with Gasteiger partial charge in [-0.05, 0) is 33.2 Å². The maximum absolute atomic E-state index is 11.6. The molecule has 0 aromatic carbocycles. The number of rotatable bonds is 6. The maximum atomic E-state index is 11.6. The number of unbranched alkanes of at least 4 members (excludes halogenated alkanes) is 2. The third-order valence-electron chi connectivity index (χ3n) is 2.50. The van der Waals surface area contributed by atoms with E-state index in [-0.39, 0.29) is 5.91 Å². The molecule has 5 heteroatoms. The Balaban J connectivity index is 2.34. The maximum Gasteiger partial charge on any atom is 0.224 e. The number of hydrogen-bond acceptors (Lipinski definition) is 3. The first-order chi connectivity index (χ1) is 7.65. The van der Waals surface area contributed by atoms with Gasteiger partial charge in [0, 0.05) is 6.42 Å². The molecule has 5 nitrogen and oxygen atoms in total. The van der Waals surface area contributed by atoms with Crippen LogP contribution in [-0.4, -0.2) is 22.6 Å². The number of amides is 1. The van der Waals surface area contributed by atoms with Gasteiger partial charge in [-0.3, -0.25) is 9.89 Å². The molecule has 1 aromatic rings. The van der Waals surface area contributed by atoms with Gasteiger partial charge in [-0.1, -0.05) is 6.42 Å². The molecule has 0 saturated carbocycles. The zero-order valence-electron chi connectivity index (χ0n) is 9.97. The molecule has 1 rings (SSSR count). The number of aromatic nitrogens is 2. The lowest BCUT2D eigenvalue weighted by Gasteiger charge is -2.04. The van der Waals surface area contributed by atoms with E-state index in [1.54, 1.807) is 0 Å². The Hall–Kier alpha value is -1.36. The monoisotopic (exact) mass is 224 g/mol. The van der Waals surface area contributed by atoms with Crippen molar-refractivity contribution in [2.45, 2.75) is 39.5 Å². The number of nitrogens with zero attached hydrogens (tertiary/aromatic N) is 1. The van der Waals surface area contributed by atoms with E-state index < -0.39 is 0 Å². The molecule has 16 heavy (non-hydrogen) atoms. The lowest BCUT2D eigenvalue weighted by Crippen LogP contribution is -2.12. The van der Waals surface area contributed by atoms with Gasteiger partial charge >= 0.3 is 0 Å². The van der Waals surface area contributed by atoms with E-state index in [0.717, 1.165) is 36.3 Å². The van der Waals surface area contributed by atoms with Crippen molar-refractivity contribution in [1.82, 2.24) is 10.2 Å². The molecule has 1 heterocycles. The third kappa shape index (κ3) is 3.66. The Bertz CT molecular complexity index is 326. The zero-order valence-corrected chi connectivity index (χ0v) is 9.97. The predicted molar refractivity (Wildman–Crippen MR) is 64.2 cm³/mol. The average molecular weight is 224 g/mol. The normalized spacial score (nSPS) is 10.4. The van der Waals surface area contributed by atoms with Gasteiger partial charge in [0.05, 0.1) is 17.1 Å². The van der Waals surface area contributed by atoms with E-state index in [1.807, 2.05) is 13.8 Å². The molecule has 0 atom stereocenters. The Kier molecular flexibility index (Phi) is 4.98. The molecule has 90 valence electrons. The molecule has 0 fully saturated rings. The number of nitrogens with two attached hydrogens (primary N) is 1. The largest absolute Gasteiger partial charge is 0.330 e. The van der Waals surface area contributed by atoms with Crippen LogP contribution in [0.3, 0.4) is 0 Å². The van der Waals surface area contributed by atoms with Crippen LogP contribution in [0.4, 0.5) is 5.69 Å². The summed E-state index contributed by atoms with van der Waals surface area (Å²) < 4.78 is 0. The number of aromatic amines is 1. The predicted octanol–water partition coefficient (Wildman–Crippen LogP) is 1.48. The topological polar surface area (TPSA) is 83.8 Å². The van der Waals surface area contributed by atoms with Crippen LogP contribution in [0.25, 0.3) is 0 Å². The minimum Gasteiger partial charge on any atom is -0.330 e. The summed E-state index contributed by atoms with van der Waals surface area (Å²) in [5.74, 6) is 0.0459. The van der Waals surface area contributed by atoms with Crippen molar-refractivity contribution in [1.29, 1.82) is 0 Å². The fourth-order valence-corrected chi connectivity index (χ4v) is 1.54. The summed E-state index contributed by atoms with van der Waals surface area (Å²) in [6.07, 6.45) is 3.42. The van der Waals surface area contributed by atoms with E-state index >= 15 is 0 Å². The SMILES string of the molecule is Cc1n[nH]c(C)c1NC(=O)CCCCCN. The number of H-pyrrole nitrogens is 1. The molecule has 0 aliphatic rings. The molecule has 4 N–H and O–H groups in total. The highest BCUT2D eigenvalue weighted by Gasteiger charge is 2.09. The van der Waals surface area contributed by atoms with Gasteiger partial charge in [-0.15, -0.1) is 0 Å². The number of carbonyl (C=O) groups excluding carboxylic acids is 1. The van der Waals surface area contributed by atoms with Gasteiger partial charge in [0.2, 0.25) is 5.91 Å². The molecule has 0 radical (unpaired) electrons. The number of aryl methyl sites for hydroxylation is 2. The average Bonchev–Trinajstić information content (AvgIpc) is 2.56. The quantitative estimate of drug-likeness (QED) is 0.640. The van der Waals surface area contributed by atoms with Gasteiger partial charge in [-0.2, -0.15) is 5.10 Å². The number of carbonyl (C=O) groups is 1. The molecule has 0 spiro atoms. The minimum absolute atomic E-state index is 0.0459. The van der Waals surface area contributed by atoms with Crippen molar-refractivity contribution < 1.29 is 4.79 Å². The lowest BCUT2D eigenvalue weighted by molar-refractivity contribution is -0.116. The Labute approximate surface area is 95.8 Å². The summed E-state index contributed by atoms with van der Waals surface area (Å²) in [4.78, 5) is 11.6. The molecule has 0 aliphatic carbocycles. The fourth-order valence-electron chi connectivity index (χ4n) is 1.54. The molecule has 0 bridgehead atoms. The van der Waals surface area contributed by atoms with Crippen molar-refractivity contribution in [3.63, 3.8) is 0 Å². The minimum atomic E-state index is 0.0459. The Morgan fingerprint density at radius 2 is 2.12 bits per heavy atom. The van der Waals surface area contributed by atoms with E-state index in [4.69, 9.17) is 5.73 Å². The van der Waals surface area contributed by atoms with Crippen LogP contribution >= 0.6 is 0 Å². The second-order valence-corrected chi connectivity index (χ2v) is 3.96. The van der Waals surface area contributed by atoms with Gasteiger partial charge in [0.15, 0.2) is 0 Å². The van der Waals surface area contributed by atoms with Crippen LogP contribution in [0.2, 0.25) is 0 Å². The Morgan fingerprint density at radius 3 is 2.69 bits per heavy atom. The summed E-state index contributed by atoms with van der Waals surface area (Å²) in [6.45, 7) is 4.46. The molecule has 0 aliphatic heterocycles. The third-order valence-corrected chi connectivity index (χ3v) is 2.50.